The van der Waals surface area contributed by atoms with E-state index in [1.54, 1.807) is 0 Å². The maximum Gasteiger partial charge on any atom is 0.240 e. The molecule has 0 saturated heterocycles. The predicted octanol–water partition coefficient (Wildman–Crippen LogP) is 1.61. The van der Waals surface area contributed by atoms with Gasteiger partial charge in [-0.15, -0.1) is 12.4 Å². The summed E-state index contributed by atoms with van der Waals surface area (Å²) in [5.41, 5.74) is 5.11. The second kappa shape index (κ2) is 7.47. The number of carbonyl (C=O) groups excluding carboxylic acids is 1. The standard InChI is InChI=1S/C16H30N2O3.ClH/c1-4-21-13-9-16(17,15(13,2)3)14(20)18-10-11-7-5-6-8-12(11)19;/h11-13,19H,4-10,17H2,1-3H3,(H,18,20);1H. The number of nitrogens with two attached hydrogens (primary N) is 1. The van der Waals surface area contributed by atoms with Crippen molar-refractivity contribution in [3.8, 4) is 0 Å². The molecule has 6 heteroatoms. The summed E-state index contributed by atoms with van der Waals surface area (Å²) in [5.74, 6) is 0.0541. The number of rotatable bonds is 5. The van der Waals surface area contributed by atoms with E-state index in [-0.39, 0.29) is 41.9 Å². The SMILES string of the molecule is CCOC1CC(N)(C(=O)NCC2CCCCC2O)C1(C)C.Cl. The molecule has 0 radical (unpaired) electrons. The Bertz CT molecular complexity index is 392. The third-order valence-corrected chi connectivity index (χ3v) is 5.63. The van der Waals surface area contributed by atoms with E-state index in [0.717, 1.165) is 25.7 Å². The van der Waals surface area contributed by atoms with Gasteiger partial charge in [0.15, 0.2) is 0 Å². The molecule has 0 aromatic rings. The lowest BCUT2D eigenvalue weighted by molar-refractivity contribution is -0.170. The highest BCUT2D eigenvalue weighted by molar-refractivity contribution is 5.88. The van der Waals surface area contributed by atoms with Gasteiger partial charge in [-0.2, -0.15) is 0 Å². The van der Waals surface area contributed by atoms with Crippen molar-refractivity contribution in [2.45, 2.75) is 70.6 Å². The third-order valence-electron chi connectivity index (χ3n) is 5.63. The Balaban J connectivity index is 0.00000242. The maximum absolute atomic E-state index is 12.5. The third kappa shape index (κ3) is 3.42. The summed E-state index contributed by atoms with van der Waals surface area (Å²) in [6.45, 7) is 7.10. The molecule has 5 nitrogen and oxygen atoms in total. The molecule has 0 aromatic carbocycles. The zero-order chi connectivity index (χ0) is 15.7. The van der Waals surface area contributed by atoms with E-state index in [4.69, 9.17) is 10.5 Å². The zero-order valence-corrected chi connectivity index (χ0v) is 14.7. The first kappa shape index (κ1) is 19.7. The summed E-state index contributed by atoms with van der Waals surface area (Å²) in [5, 5.41) is 12.9. The summed E-state index contributed by atoms with van der Waals surface area (Å²) in [7, 11) is 0. The number of aliphatic hydroxyl groups is 1. The molecule has 130 valence electrons. The largest absolute Gasteiger partial charge is 0.393 e. The van der Waals surface area contributed by atoms with Crippen LogP contribution in [0.5, 0.6) is 0 Å². The molecule has 0 spiro atoms. The van der Waals surface area contributed by atoms with Gasteiger partial charge in [0, 0.05) is 30.9 Å². The number of carbonyl (C=O) groups is 1. The van der Waals surface area contributed by atoms with Crippen LogP contribution in [-0.4, -0.2) is 41.9 Å². The average molecular weight is 335 g/mol. The summed E-state index contributed by atoms with van der Waals surface area (Å²) >= 11 is 0. The van der Waals surface area contributed by atoms with Gasteiger partial charge in [0.05, 0.1) is 12.2 Å². The molecule has 0 bridgehead atoms. The number of hydrogen-bond acceptors (Lipinski definition) is 4. The van der Waals surface area contributed by atoms with Crippen LogP contribution >= 0.6 is 12.4 Å². The number of hydrogen-bond donors (Lipinski definition) is 3. The maximum atomic E-state index is 12.5. The van der Waals surface area contributed by atoms with Gasteiger partial charge in [-0.3, -0.25) is 4.79 Å². The fourth-order valence-corrected chi connectivity index (χ4v) is 3.63. The number of amides is 1. The number of nitrogens with one attached hydrogen (secondary N) is 1. The minimum absolute atomic E-state index is 0. The van der Waals surface area contributed by atoms with Crippen molar-refractivity contribution in [1.29, 1.82) is 0 Å². The minimum Gasteiger partial charge on any atom is -0.393 e. The van der Waals surface area contributed by atoms with Crippen LogP contribution in [0.3, 0.4) is 0 Å². The molecule has 0 aliphatic heterocycles. The Morgan fingerprint density at radius 2 is 2.00 bits per heavy atom. The van der Waals surface area contributed by atoms with Crippen molar-refractivity contribution in [2.24, 2.45) is 17.1 Å². The Kier molecular flexibility index (Phi) is 6.69. The van der Waals surface area contributed by atoms with E-state index in [9.17, 15) is 9.90 Å². The van der Waals surface area contributed by atoms with Crippen LogP contribution in [0, 0.1) is 11.3 Å². The van der Waals surface area contributed by atoms with Gasteiger partial charge in [0.1, 0.15) is 5.54 Å². The van der Waals surface area contributed by atoms with Crippen LogP contribution in [0.4, 0.5) is 0 Å². The molecule has 22 heavy (non-hydrogen) atoms. The second-order valence-electron chi connectivity index (χ2n) is 7.16. The molecule has 1 amide bonds. The zero-order valence-electron chi connectivity index (χ0n) is 13.9. The van der Waals surface area contributed by atoms with E-state index < -0.39 is 5.54 Å². The van der Waals surface area contributed by atoms with Crippen molar-refractivity contribution < 1.29 is 14.6 Å². The van der Waals surface area contributed by atoms with Crippen molar-refractivity contribution in [3.63, 3.8) is 0 Å². The molecule has 2 saturated carbocycles. The van der Waals surface area contributed by atoms with Gasteiger partial charge in [-0.05, 0) is 19.8 Å². The van der Waals surface area contributed by atoms with Crippen LogP contribution < -0.4 is 11.1 Å². The lowest BCUT2D eigenvalue weighted by Crippen LogP contribution is -2.76. The second-order valence-corrected chi connectivity index (χ2v) is 7.16. The molecule has 0 aromatic heterocycles. The van der Waals surface area contributed by atoms with Gasteiger partial charge in [0.2, 0.25) is 5.91 Å². The number of ether oxygens (including phenoxy) is 1. The van der Waals surface area contributed by atoms with Crippen molar-refractivity contribution in [3.05, 3.63) is 0 Å². The summed E-state index contributed by atoms with van der Waals surface area (Å²) in [6, 6.07) is 0. The molecule has 2 rings (SSSR count). The molecule has 2 aliphatic rings. The predicted molar refractivity (Wildman–Crippen MR) is 89.0 cm³/mol. The van der Waals surface area contributed by atoms with Gasteiger partial charge in [-0.1, -0.05) is 26.7 Å². The van der Waals surface area contributed by atoms with E-state index in [1.165, 1.54) is 0 Å². The van der Waals surface area contributed by atoms with Crippen LogP contribution in [0.15, 0.2) is 0 Å². The molecule has 2 aliphatic carbocycles. The highest BCUT2D eigenvalue weighted by atomic mass is 35.5. The first-order chi connectivity index (χ1) is 9.83. The summed E-state index contributed by atoms with van der Waals surface area (Å²) in [6.07, 6.45) is 4.33. The summed E-state index contributed by atoms with van der Waals surface area (Å²) in [4.78, 5) is 12.5. The smallest absolute Gasteiger partial charge is 0.240 e. The molecule has 0 heterocycles. The van der Waals surface area contributed by atoms with Crippen LogP contribution in [0.2, 0.25) is 0 Å². The molecular formula is C16H31ClN2O3. The Hall–Kier alpha value is -0.360. The minimum atomic E-state index is -0.869. The molecular weight excluding hydrogens is 304 g/mol. The van der Waals surface area contributed by atoms with E-state index in [0.29, 0.717) is 19.6 Å². The lowest BCUT2D eigenvalue weighted by Gasteiger charge is -2.57. The number of halogens is 1. The first-order valence-corrected chi connectivity index (χ1v) is 8.19. The van der Waals surface area contributed by atoms with Crippen LogP contribution in [0.25, 0.3) is 0 Å². The molecule has 2 fully saturated rings. The Morgan fingerprint density at radius 1 is 1.36 bits per heavy atom. The van der Waals surface area contributed by atoms with Gasteiger partial charge in [-0.25, -0.2) is 0 Å². The average Bonchev–Trinajstić information content (AvgIpc) is 2.45. The summed E-state index contributed by atoms with van der Waals surface area (Å²) < 4.78 is 5.65. The molecule has 4 unspecified atom stereocenters. The number of aliphatic hydroxyl groups excluding tert-OH is 1. The Morgan fingerprint density at radius 3 is 2.55 bits per heavy atom. The molecule has 4 N–H and O–H groups in total. The highest BCUT2D eigenvalue weighted by Crippen LogP contribution is 2.49. The quantitative estimate of drug-likeness (QED) is 0.713. The first-order valence-electron chi connectivity index (χ1n) is 8.19. The highest BCUT2D eigenvalue weighted by Gasteiger charge is 2.62. The van der Waals surface area contributed by atoms with Crippen molar-refractivity contribution >= 4 is 18.3 Å². The fraction of sp³-hybridized carbons (Fsp3) is 0.938. The van der Waals surface area contributed by atoms with Gasteiger partial charge < -0.3 is 20.9 Å². The Labute approximate surface area is 139 Å². The van der Waals surface area contributed by atoms with Gasteiger partial charge in [0.25, 0.3) is 0 Å². The van der Waals surface area contributed by atoms with Crippen molar-refractivity contribution in [2.75, 3.05) is 13.2 Å². The van der Waals surface area contributed by atoms with E-state index >= 15 is 0 Å². The van der Waals surface area contributed by atoms with E-state index in [2.05, 4.69) is 5.32 Å². The molecule has 4 atom stereocenters. The van der Waals surface area contributed by atoms with Crippen LogP contribution in [-0.2, 0) is 9.53 Å². The monoisotopic (exact) mass is 334 g/mol. The van der Waals surface area contributed by atoms with Crippen molar-refractivity contribution in [1.82, 2.24) is 5.32 Å². The normalized spacial score (nSPS) is 36.9. The van der Waals surface area contributed by atoms with Gasteiger partial charge >= 0.3 is 0 Å². The lowest BCUT2D eigenvalue weighted by atomic mass is 9.54. The fourth-order valence-electron chi connectivity index (χ4n) is 3.63. The topological polar surface area (TPSA) is 84.6 Å². The van der Waals surface area contributed by atoms with E-state index in [1.807, 2.05) is 20.8 Å². The van der Waals surface area contributed by atoms with Crippen LogP contribution in [0.1, 0.15) is 52.9 Å².